The maximum atomic E-state index is 12.6. The van der Waals surface area contributed by atoms with Crippen LogP contribution in [0.5, 0.6) is 0 Å². The molecule has 2 aliphatic rings. The van der Waals surface area contributed by atoms with Crippen molar-refractivity contribution in [3.8, 4) is 0 Å². The van der Waals surface area contributed by atoms with Crippen LogP contribution in [-0.4, -0.2) is 35.5 Å². The van der Waals surface area contributed by atoms with Crippen molar-refractivity contribution in [2.24, 2.45) is 0 Å². The summed E-state index contributed by atoms with van der Waals surface area (Å²) in [5, 5.41) is 11.9. The number of hydrogen-bond donors (Lipinski definition) is 1. The average Bonchev–Trinajstić information content (AvgIpc) is 3.23. The highest BCUT2D eigenvalue weighted by Crippen LogP contribution is 2.42. The topological polar surface area (TPSA) is 87.4 Å². The van der Waals surface area contributed by atoms with E-state index in [0.29, 0.717) is 17.6 Å². The van der Waals surface area contributed by atoms with E-state index >= 15 is 0 Å². The van der Waals surface area contributed by atoms with Gasteiger partial charge in [-0.2, -0.15) is 0 Å². The van der Waals surface area contributed by atoms with Gasteiger partial charge >= 0.3 is 5.63 Å². The summed E-state index contributed by atoms with van der Waals surface area (Å²) in [5.41, 5.74) is 0.924. The monoisotopic (exact) mass is 424 g/mol. The fraction of sp³-hybridized carbons (Fsp3) is 0.375. The predicted molar refractivity (Wildman–Crippen MR) is 111 cm³/mol. The zero-order valence-electron chi connectivity index (χ0n) is 17.3. The molecule has 2 aliphatic heterocycles. The number of aliphatic hydroxyl groups is 1. The number of aliphatic hydroxyl groups excluding tert-OH is 1. The maximum absolute atomic E-state index is 12.6. The molecule has 31 heavy (non-hydrogen) atoms. The van der Waals surface area contributed by atoms with Crippen molar-refractivity contribution >= 4 is 11.0 Å². The van der Waals surface area contributed by atoms with Crippen molar-refractivity contribution in [1.29, 1.82) is 0 Å². The van der Waals surface area contributed by atoms with Crippen LogP contribution in [-0.2, 0) is 25.6 Å². The number of benzene rings is 2. The van der Waals surface area contributed by atoms with Gasteiger partial charge in [-0.15, -0.1) is 0 Å². The van der Waals surface area contributed by atoms with E-state index in [2.05, 4.69) is 0 Å². The minimum atomic E-state index is -1.28. The summed E-state index contributed by atoms with van der Waals surface area (Å²) < 4.78 is 29.4. The van der Waals surface area contributed by atoms with Crippen molar-refractivity contribution in [3.05, 3.63) is 82.2 Å². The normalized spacial score (nSPS) is 28.0. The van der Waals surface area contributed by atoms with Gasteiger partial charge in [-0.3, -0.25) is 0 Å². The Labute approximate surface area is 179 Å². The molecule has 5 rings (SSSR count). The molecule has 0 amide bonds. The van der Waals surface area contributed by atoms with Crippen LogP contribution in [0.15, 0.2) is 69.9 Å². The Morgan fingerprint density at radius 1 is 1.06 bits per heavy atom. The Bertz CT molecular complexity index is 1120. The van der Waals surface area contributed by atoms with Crippen LogP contribution in [0.2, 0.25) is 0 Å². The molecule has 1 N–H and O–H groups in total. The van der Waals surface area contributed by atoms with Crippen LogP contribution in [0.3, 0.4) is 0 Å². The first-order valence-electron chi connectivity index (χ1n) is 10.3. The second kappa shape index (κ2) is 7.85. The SMILES string of the molecule is CC1(C)O[C@H]2O[C@H]([C@H](O)c3cc4ccccc4oc3=O)[C@H](OCc3ccccc3)[C@H]2O1. The van der Waals surface area contributed by atoms with Gasteiger partial charge in [0.1, 0.15) is 30.0 Å². The van der Waals surface area contributed by atoms with Crippen LogP contribution in [0, 0.1) is 0 Å². The third kappa shape index (κ3) is 3.91. The minimum Gasteiger partial charge on any atom is -0.422 e. The fourth-order valence-corrected chi connectivity index (χ4v) is 4.18. The first-order valence-corrected chi connectivity index (χ1v) is 10.3. The maximum Gasteiger partial charge on any atom is 0.342 e. The largest absolute Gasteiger partial charge is 0.422 e. The molecule has 0 aliphatic carbocycles. The summed E-state index contributed by atoms with van der Waals surface area (Å²) in [5.74, 6) is -0.832. The molecule has 1 aromatic heterocycles. The highest BCUT2D eigenvalue weighted by molar-refractivity contribution is 5.76. The predicted octanol–water partition coefficient (Wildman–Crippen LogP) is 3.29. The Morgan fingerprint density at radius 3 is 2.61 bits per heavy atom. The van der Waals surface area contributed by atoms with Crippen molar-refractivity contribution < 1.29 is 28.5 Å². The lowest BCUT2D eigenvalue weighted by Gasteiger charge is -2.28. The van der Waals surface area contributed by atoms with Gasteiger partial charge in [0.2, 0.25) is 0 Å². The van der Waals surface area contributed by atoms with Gasteiger partial charge in [0.15, 0.2) is 12.1 Å². The van der Waals surface area contributed by atoms with Gasteiger partial charge in [0.05, 0.1) is 12.2 Å². The molecule has 5 atom stereocenters. The highest BCUT2D eigenvalue weighted by atomic mass is 16.8. The number of para-hydroxylation sites is 1. The van der Waals surface area contributed by atoms with Crippen LogP contribution in [0.4, 0.5) is 0 Å². The minimum absolute atomic E-state index is 0.108. The first-order chi connectivity index (χ1) is 14.9. The van der Waals surface area contributed by atoms with E-state index in [1.807, 2.05) is 42.5 Å². The molecule has 0 spiro atoms. The lowest BCUT2D eigenvalue weighted by molar-refractivity contribution is -0.231. The van der Waals surface area contributed by atoms with Crippen molar-refractivity contribution in [2.75, 3.05) is 0 Å². The molecule has 2 aromatic carbocycles. The van der Waals surface area contributed by atoms with E-state index in [1.165, 1.54) is 0 Å². The summed E-state index contributed by atoms with van der Waals surface area (Å²) in [7, 11) is 0. The molecular weight excluding hydrogens is 400 g/mol. The lowest BCUT2D eigenvalue weighted by Crippen LogP contribution is -2.40. The summed E-state index contributed by atoms with van der Waals surface area (Å²) in [6, 6.07) is 18.5. The van der Waals surface area contributed by atoms with Gasteiger partial charge in [0.25, 0.3) is 0 Å². The Balaban J connectivity index is 1.45. The molecule has 162 valence electrons. The molecule has 2 fully saturated rings. The van der Waals surface area contributed by atoms with Crippen molar-refractivity contribution in [1.82, 2.24) is 0 Å². The molecule has 3 aromatic rings. The number of hydrogen-bond acceptors (Lipinski definition) is 7. The number of rotatable bonds is 5. The number of fused-ring (bicyclic) bond motifs is 2. The molecule has 0 saturated carbocycles. The average molecular weight is 424 g/mol. The molecule has 0 radical (unpaired) electrons. The third-order valence-electron chi connectivity index (χ3n) is 5.61. The van der Waals surface area contributed by atoms with E-state index in [0.717, 1.165) is 5.56 Å². The summed E-state index contributed by atoms with van der Waals surface area (Å²) >= 11 is 0. The third-order valence-corrected chi connectivity index (χ3v) is 5.61. The van der Waals surface area contributed by atoms with E-state index in [-0.39, 0.29) is 5.56 Å². The molecule has 7 nitrogen and oxygen atoms in total. The zero-order valence-corrected chi connectivity index (χ0v) is 17.3. The van der Waals surface area contributed by atoms with E-state index in [9.17, 15) is 9.90 Å². The highest BCUT2D eigenvalue weighted by Gasteiger charge is 2.57. The summed E-state index contributed by atoms with van der Waals surface area (Å²) in [4.78, 5) is 12.6. The molecule has 3 heterocycles. The van der Waals surface area contributed by atoms with Crippen LogP contribution in [0.1, 0.15) is 31.1 Å². The molecule has 2 saturated heterocycles. The zero-order chi connectivity index (χ0) is 21.6. The van der Waals surface area contributed by atoms with Crippen LogP contribution in [0.25, 0.3) is 11.0 Å². The number of ether oxygens (including phenoxy) is 4. The van der Waals surface area contributed by atoms with Gasteiger partial charge in [-0.1, -0.05) is 48.5 Å². The summed E-state index contributed by atoms with van der Waals surface area (Å²) in [6.07, 6.45) is -4.02. The second-order valence-corrected chi connectivity index (χ2v) is 8.30. The molecular formula is C24H24O7. The van der Waals surface area contributed by atoms with Gasteiger partial charge in [-0.25, -0.2) is 4.79 Å². The van der Waals surface area contributed by atoms with E-state index in [4.69, 9.17) is 23.4 Å². The van der Waals surface area contributed by atoms with Gasteiger partial charge < -0.3 is 28.5 Å². The quantitative estimate of drug-likeness (QED) is 0.629. The van der Waals surface area contributed by atoms with Crippen molar-refractivity contribution in [3.63, 3.8) is 0 Å². The Morgan fingerprint density at radius 2 is 1.81 bits per heavy atom. The van der Waals surface area contributed by atoms with E-state index in [1.54, 1.807) is 32.0 Å². The molecule has 7 heteroatoms. The summed E-state index contributed by atoms with van der Waals surface area (Å²) in [6.45, 7) is 3.90. The van der Waals surface area contributed by atoms with Crippen LogP contribution >= 0.6 is 0 Å². The van der Waals surface area contributed by atoms with E-state index < -0.39 is 42.1 Å². The Kier molecular flexibility index (Phi) is 5.16. The fourth-order valence-electron chi connectivity index (χ4n) is 4.18. The lowest BCUT2D eigenvalue weighted by atomic mass is 9.99. The van der Waals surface area contributed by atoms with Crippen molar-refractivity contribution in [2.45, 2.75) is 56.9 Å². The smallest absolute Gasteiger partial charge is 0.342 e. The van der Waals surface area contributed by atoms with Gasteiger partial charge in [0, 0.05) is 5.39 Å². The first kappa shape index (κ1) is 20.4. The van der Waals surface area contributed by atoms with Gasteiger partial charge in [-0.05, 0) is 31.5 Å². The Hall–Kier alpha value is -2.55. The molecule has 0 bridgehead atoms. The van der Waals surface area contributed by atoms with Crippen LogP contribution < -0.4 is 5.63 Å². The standard InChI is InChI=1S/C24H24O7/c1-24(2)30-21-20(27-13-14-8-4-3-5-9-14)19(29-23(21)31-24)18(25)16-12-15-10-6-7-11-17(15)28-22(16)26/h3-12,18-21,23,25H,13H2,1-2H3/t18-,19-,20+,21-,23-/m1/s1. The second-order valence-electron chi connectivity index (χ2n) is 8.30. The molecule has 0 unspecified atom stereocenters.